The van der Waals surface area contributed by atoms with Gasteiger partial charge in [0.05, 0.1) is 5.39 Å². The third kappa shape index (κ3) is 3.23. The summed E-state index contributed by atoms with van der Waals surface area (Å²) < 4.78 is 0. The Kier molecular flexibility index (Phi) is 4.56. The number of carbonyl (C=O) groups excluding carboxylic acids is 2. The van der Waals surface area contributed by atoms with Crippen LogP contribution in [-0.4, -0.2) is 55.5 Å². The molecule has 2 amide bonds. The van der Waals surface area contributed by atoms with Crippen LogP contribution in [0.1, 0.15) is 19.8 Å². The second-order valence-corrected chi connectivity index (χ2v) is 7.49. The number of carbonyl (C=O) groups is 2. The summed E-state index contributed by atoms with van der Waals surface area (Å²) in [6.07, 6.45) is 6.22. The van der Waals surface area contributed by atoms with Gasteiger partial charge in [-0.15, -0.1) is 0 Å². The van der Waals surface area contributed by atoms with E-state index in [0.717, 1.165) is 18.2 Å². The Bertz CT molecular complexity index is 1000. The Morgan fingerprint density at radius 2 is 2.29 bits per heavy atom. The molecule has 2 fully saturated rings. The van der Waals surface area contributed by atoms with Crippen molar-refractivity contribution in [2.45, 2.75) is 25.4 Å². The summed E-state index contributed by atoms with van der Waals surface area (Å²) in [7, 11) is 0. The van der Waals surface area contributed by atoms with Gasteiger partial charge in [-0.1, -0.05) is 18.2 Å². The number of allylic oxidation sites excluding steroid dienone is 2. The molecule has 1 unspecified atom stereocenters. The fourth-order valence-corrected chi connectivity index (χ4v) is 3.86. The average Bonchev–Trinajstić information content (AvgIpc) is 3.25. The molecule has 2 aliphatic heterocycles. The molecule has 0 aromatic carbocycles. The van der Waals surface area contributed by atoms with Crippen LogP contribution in [0.5, 0.6) is 0 Å². The van der Waals surface area contributed by atoms with Gasteiger partial charge in [-0.05, 0) is 31.9 Å². The minimum absolute atomic E-state index is 0.0639. The van der Waals surface area contributed by atoms with Crippen molar-refractivity contribution in [1.82, 2.24) is 30.3 Å². The summed E-state index contributed by atoms with van der Waals surface area (Å²) >= 11 is 5.97. The zero-order chi connectivity index (χ0) is 19.9. The maximum Gasteiger partial charge on any atom is 0.285 e. The maximum absolute atomic E-state index is 13.4. The Balaban J connectivity index is 1.68. The van der Waals surface area contributed by atoms with Gasteiger partial charge in [0.1, 0.15) is 35.7 Å². The highest BCUT2D eigenvalue weighted by Gasteiger charge is 2.47. The molecule has 2 saturated heterocycles. The molecule has 3 N–H and O–H groups in total. The van der Waals surface area contributed by atoms with E-state index in [-0.39, 0.29) is 29.1 Å². The lowest BCUT2D eigenvalue weighted by atomic mass is 10.1. The van der Waals surface area contributed by atoms with E-state index >= 15 is 0 Å². The van der Waals surface area contributed by atoms with Crippen molar-refractivity contribution in [3.05, 3.63) is 42.0 Å². The van der Waals surface area contributed by atoms with Crippen LogP contribution in [0, 0.1) is 0 Å². The Morgan fingerprint density at radius 1 is 1.46 bits per heavy atom. The molecule has 9 nitrogen and oxygen atoms in total. The van der Waals surface area contributed by atoms with E-state index in [1.807, 2.05) is 11.9 Å². The van der Waals surface area contributed by atoms with Gasteiger partial charge < -0.3 is 15.6 Å². The monoisotopic (exact) mass is 401 g/mol. The van der Waals surface area contributed by atoms with Crippen LogP contribution >= 0.6 is 11.6 Å². The predicted molar refractivity (Wildman–Crippen MR) is 105 cm³/mol. The first-order chi connectivity index (χ1) is 13.4. The first-order valence-electron chi connectivity index (χ1n) is 8.89. The first kappa shape index (κ1) is 18.5. The van der Waals surface area contributed by atoms with Crippen LogP contribution < -0.4 is 10.6 Å². The Hall–Kier alpha value is -2.91. The van der Waals surface area contributed by atoms with E-state index in [9.17, 15) is 9.59 Å². The molecule has 146 valence electrons. The highest BCUT2D eigenvalue weighted by atomic mass is 35.5. The van der Waals surface area contributed by atoms with Crippen molar-refractivity contribution < 1.29 is 9.59 Å². The van der Waals surface area contributed by atoms with E-state index < -0.39 is 5.66 Å². The van der Waals surface area contributed by atoms with Gasteiger partial charge >= 0.3 is 0 Å². The van der Waals surface area contributed by atoms with Crippen molar-refractivity contribution in [2.75, 3.05) is 18.4 Å². The van der Waals surface area contributed by atoms with E-state index in [1.54, 1.807) is 12.3 Å². The van der Waals surface area contributed by atoms with E-state index in [2.05, 4.69) is 32.2 Å². The number of fused-ring (bicyclic) bond motifs is 2. The number of aromatic amines is 1. The van der Waals surface area contributed by atoms with Crippen molar-refractivity contribution in [3.8, 4) is 0 Å². The second kappa shape index (κ2) is 6.92. The first-order valence-corrected chi connectivity index (χ1v) is 9.27. The van der Waals surface area contributed by atoms with Crippen LogP contribution in [0.2, 0.25) is 0 Å². The second-order valence-electron chi connectivity index (χ2n) is 7.00. The number of anilines is 1. The number of halogens is 1. The fourth-order valence-electron chi connectivity index (χ4n) is 3.75. The number of rotatable bonds is 4. The van der Waals surface area contributed by atoms with Crippen LogP contribution in [0.3, 0.4) is 0 Å². The summed E-state index contributed by atoms with van der Waals surface area (Å²) in [5.41, 5.74) is 0.236. The lowest BCUT2D eigenvalue weighted by Gasteiger charge is -2.46. The number of nitrogens with one attached hydrogen (secondary N) is 3. The summed E-state index contributed by atoms with van der Waals surface area (Å²) in [4.78, 5) is 37.0. The SMILES string of the molecule is C=C(Cl)/C=C(/Nc1ncnc2[nH]ccc12)C(=O)N1CC(=O)NC2(C)CCCN12. The van der Waals surface area contributed by atoms with Crippen molar-refractivity contribution in [2.24, 2.45) is 0 Å². The normalized spacial score (nSPS) is 22.9. The number of hydrogen-bond acceptors (Lipinski definition) is 6. The van der Waals surface area contributed by atoms with Crippen LogP contribution in [0.15, 0.2) is 42.0 Å². The molecule has 2 aromatic heterocycles. The Labute approximate surface area is 166 Å². The number of hydrazine groups is 1. The number of hydrogen-bond donors (Lipinski definition) is 3. The van der Waals surface area contributed by atoms with Crippen molar-refractivity contribution >= 4 is 40.3 Å². The summed E-state index contributed by atoms with van der Waals surface area (Å²) in [6.45, 7) is 6.19. The molecule has 0 spiro atoms. The van der Waals surface area contributed by atoms with Gasteiger partial charge in [-0.2, -0.15) is 5.01 Å². The van der Waals surface area contributed by atoms with Gasteiger partial charge in [-0.3, -0.25) is 14.6 Å². The van der Waals surface area contributed by atoms with Crippen molar-refractivity contribution in [1.29, 1.82) is 0 Å². The van der Waals surface area contributed by atoms with Crippen molar-refractivity contribution in [3.63, 3.8) is 0 Å². The molecule has 0 saturated carbocycles. The van der Waals surface area contributed by atoms with E-state index in [1.165, 1.54) is 17.4 Å². The molecule has 0 aliphatic carbocycles. The third-order valence-corrected chi connectivity index (χ3v) is 5.08. The van der Waals surface area contributed by atoms with Gasteiger partial charge in [0.2, 0.25) is 5.91 Å². The molecule has 10 heteroatoms. The van der Waals surface area contributed by atoms with E-state index in [0.29, 0.717) is 18.0 Å². The number of nitrogens with zero attached hydrogens (tertiary/aromatic N) is 4. The molecule has 0 radical (unpaired) electrons. The summed E-state index contributed by atoms with van der Waals surface area (Å²) in [5, 5.41) is 10.3. The minimum atomic E-state index is -0.573. The highest BCUT2D eigenvalue weighted by Crippen LogP contribution is 2.31. The Morgan fingerprint density at radius 3 is 3.07 bits per heavy atom. The van der Waals surface area contributed by atoms with Gasteiger partial charge in [0.15, 0.2) is 0 Å². The highest BCUT2D eigenvalue weighted by molar-refractivity contribution is 6.31. The van der Waals surface area contributed by atoms with Crippen LogP contribution in [0.4, 0.5) is 5.82 Å². The molecule has 28 heavy (non-hydrogen) atoms. The van der Waals surface area contributed by atoms with E-state index in [4.69, 9.17) is 11.6 Å². The quantitative estimate of drug-likeness (QED) is 0.531. The molecule has 4 heterocycles. The van der Waals surface area contributed by atoms with Crippen LogP contribution in [-0.2, 0) is 9.59 Å². The standard InChI is InChI=1S/C18H20ClN7O2/c1-11(19)8-13(23-16-12-4-6-20-15(12)21-10-22-16)17(28)25-9-14(27)24-18(2)5-3-7-26(18)25/h4,6,8,10H,1,3,5,7,9H2,2H3,(H,24,27)(H2,20,21,22,23)/b13-8+. The molecular formula is C18H20ClN7O2. The fraction of sp³-hybridized carbons (Fsp3) is 0.333. The zero-order valence-corrected chi connectivity index (χ0v) is 16.1. The molecule has 0 bridgehead atoms. The number of amides is 2. The van der Waals surface area contributed by atoms with Gasteiger partial charge in [0.25, 0.3) is 5.91 Å². The molecule has 2 aromatic rings. The lowest BCUT2D eigenvalue weighted by Crippen LogP contribution is -2.69. The zero-order valence-electron chi connectivity index (χ0n) is 15.3. The number of H-pyrrole nitrogens is 1. The number of aromatic nitrogens is 3. The van der Waals surface area contributed by atoms with Crippen LogP contribution in [0.25, 0.3) is 11.0 Å². The van der Waals surface area contributed by atoms with Gasteiger partial charge in [-0.25, -0.2) is 9.97 Å². The average molecular weight is 402 g/mol. The largest absolute Gasteiger partial charge is 0.346 e. The van der Waals surface area contributed by atoms with Gasteiger partial charge in [0, 0.05) is 17.8 Å². The summed E-state index contributed by atoms with van der Waals surface area (Å²) in [5.74, 6) is -0.130. The summed E-state index contributed by atoms with van der Waals surface area (Å²) in [6, 6.07) is 1.81. The molecular weight excluding hydrogens is 382 g/mol. The molecule has 4 rings (SSSR count). The molecule has 1 atom stereocenters. The predicted octanol–water partition coefficient (Wildman–Crippen LogP) is 1.69. The maximum atomic E-state index is 13.4. The topological polar surface area (TPSA) is 106 Å². The minimum Gasteiger partial charge on any atom is -0.346 e. The smallest absolute Gasteiger partial charge is 0.285 e. The third-order valence-electron chi connectivity index (χ3n) is 4.97. The lowest BCUT2D eigenvalue weighted by molar-refractivity contribution is -0.172. The molecule has 2 aliphatic rings.